The summed E-state index contributed by atoms with van der Waals surface area (Å²) in [5.74, 6) is 2.50. The van der Waals surface area contributed by atoms with Crippen molar-refractivity contribution in [3.63, 3.8) is 0 Å². The number of nitrogens with one attached hydrogen (secondary N) is 1. The molecule has 0 radical (unpaired) electrons. The van der Waals surface area contributed by atoms with Crippen LogP contribution in [-0.2, 0) is 17.9 Å². The monoisotopic (exact) mass is 464 g/mol. The lowest BCUT2D eigenvalue weighted by Gasteiger charge is -2.30. The fourth-order valence-electron chi connectivity index (χ4n) is 4.13. The van der Waals surface area contributed by atoms with Crippen molar-refractivity contribution in [3.05, 3.63) is 60.0 Å². The summed E-state index contributed by atoms with van der Waals surface area (Å²) in [7, 11) is 1.62. The molecule has 4 rings (SSSR count). The quantitative estimate of drug-likeness (QED) is 0.511. The standard InChI is InChI=1S/C26H32N4O4/c1-18(2)33-22-12-11-19(14-23(22)32-3)15-27-26(31)21-10-7-13-30(16-21)17-24-28-25(29-34-24)20-8-5-4-6-9-20/h4-6,8-9,11-12,14,18,21H,7,10,13,15-17H2,1-3H3,(H,27,31). The van der Waals surface area contributed by atoms with Gasteiger partial charge in [-0.1, -0.05) is 41.6 Å². The molecule has 34 heavy (non-hydrogen) atoms. The van der Waals surface area contributed by atoms with Crippen molar-refractivity contribution < 1.29 is 18.8 Å². The zero-order chi connectivity index (χ0) is 23.9. The normalized spacial score (nSPS) is 16.4. The van der Waals surface area contributed by atoms with Crippen LogP contribution < -0.4 is 14.8 Å². The minimum atomic E-state index is -0.0734. The van der Waals surface area contributed by atoms with Gasteiger partial charge in [-0.2, -0.15) is 4.98 Å². The van der Waals surface area contributed by atoms with Gasteiger partial charge < -0.3 is 19.3 Å². The van der Waals surface area contributed by atoms with Gasteiger partial charge in [0.2, 0.25) is 17.6 Å². The van der Waals surface area contributed by atoms with E-state index < -0.39 is 0 Å². The van der Waals surface area contributed by atoms with Gasteiger partial charge in [0.15, 0.2) is 11.5 Å². The molecule has 0 spiro atoms. The zero-order valence-corrected chi connectivity index (χ0v) is 20.0. The summed E-state index contributed by atoms with van der Waals surface area (Å²) in [6, 6.07) is 15.5. The van der Waals surface area contributed by atoms with Crippen molar-refractivity contribution in [1.82, 2.24) is 20.4 Å². The predicted octanol–water partition coefficient (Wildman–Crippen LogP) is 4.06. The molecule has 1 amide bonds. The van der Waals surface area contributed by atoms with E-state index >= 15 is 0 Å². The van der Waals surface area contributed by atoms with Crippen molar-refractivity contribution in [2.75, 3.05) is 20.2 Å². The SMILES string of the molecule is COc1cc(CNC(=O)C2CCCN(Cc3nc(-c4ccccc4)no3)C2)ccc1OC(C)C. The van der Waals surface area contributed by atoms with E-state index in [0.717, 1.165) is 30.5 Å². The molecular weight excluding hydrogens is 432 g/mol. The van der Waals surface area contributed by atoms with Crippen molar-refractivity contribution >= 4 is 5.91 Å². The maximum atomic E-state index is 12.9. The first-order valence-electron chi connectivity index (χ1n) is 11.7. The lowest BCUT2D eigenvalue weighted by Crippen LogP contribution is -2.42. The number of amides is 1. The number of rotatable bonds is 9. The van der Waals surface area contributed by atoms with Gasteiger partial charge >= 0.3 is 0 Å². The number of ether oxygens (including phenoxy) is 2. The number of hydrogen-bond acceptors (Lipinski definition) is 7. The highest BCUT2D eigenvalue weighted by Crippen LogP contribution is 2.29. The van der Waals surface area contributed by atoms with Gasteiger partial charge in [0.05, 0.1) is 25.7 Å². The predicted molar refractivity (Wildman–Crippen MR) is 128 cm³/mol. The number of benzene rings is 2. The molecule has 180 valence electrons. The molecule has 1 atom stereocenters. The van der Waals surface area contributed by atoms with Gasteiger partial charge in [-0.25, -0.2) is 0 Å². The highest BCUT2D eigenvalue weighted by molar-refractivity contribution is 5.79. The Hall–Kier alpha value is -3.39. The second-order valence-corrected chi connectivity index (χ2v) is 8.82. The highest BCUT2D eigenvalue weighted by atomic mass is 16.5. The van der Waals surface area contributed by atoms with Crippen molar-refractivity contribution in [2.24, 2.45) is 5.92 Å². The number of carbonyl (C=O) groups is 1. The Morgan fingerprint density at radius 2 is 2.03 bits per heavy atom. The number of piperidine rings is 1. The van der Waals surface area contributed by atoms with E-state index in [1.54, 1.807) is 7.11 Å². The summed E-state index contributed by atoms with van der Waals surface area (Å²) in [4.78, 5) is 19.6. The van der Waals surface area contributed by atoms with Crippen molar-refractivity contribution in [2.45, 2.75) is 45.9 Å². The van der Waals surface area contributed by atoms with E-state index in [9.17, 15) is 4.79 Å². The van der Waals surface area contributed by atoms with Gasteiger partial charge in [-0.15, -0.1) is 0 Å². The largest absolute Gasteiger partial charge is 0.493 e. The second-order valence-electron chi connectivity index (χ2n) is 8.82. The number of aromatic nitrogens is 2. The third-order valence-corrected chi connectivity index (χ3v) is 5.79. The maximum Gasteiger partial charge on any atom is 0.241 e. The number of hydrogen-bond donors (Lipinski definition) is 1. The van der Waals surface area contributed by atoms with Crippen LogP contribution in [-0.4, -0.2) is 47.3 Å². The summed E-state index contributed by atoms with van der Waals surface area (Å²) < 4.78 is 16.7. The van der Waals surface area contributed by atoms with Crippen molar-refractivity contribution in [3.8, 4) is 22.9 Å². The van der Waals surface area contributed by atoms with E-state index in [0.29, 0.717) is 42.8 Å². The fraction of sp³-hybridized carbons (Fsp3) is 0.423. The topological polar surface area (TPSA) is 89.7 Å². The third-order valence-electron chi connectivity index (χ3n) is 5.79. The minimum absolute atomic E-state index is 0.0571. The Morgan fingerprint density at radius 1 is 1.21 bits per heavy atom. The molecule has 0 bridgehead atoms. The van der Waals surface area contributed by atoms with Crippen LogP contribution in [0.4, 0.5) is 0 Å². The molecule has 0 aliphatic carbocycles. The van der Waals surface area contributed by atoms with E-state index in [4.69, 9.17) is 14.0 Å². The summed E-state index contributed by atoms with van der Waals surface area (Å²) >= 11 is 0. The molecule has 8 heteroatoms. The summed E-state index contributed by atoms with van der Waals surface area (Å²) in [5, 5.41) is 7.17. The van der Waals surface area contributed by atoms with Crippen LogP contribution in [0.5, 0.6) is 11.5 Å². The average molecular weight is 465 g/mol. The zero-order valence-electron chi connectivity index (χ0n) is 20.0. The Balaban J connectivity index is 1.30. The van der Waals surface area contributed by atoms with Gasteiger partial charge in [-0.3, -0.25) is 9.69 Å². The first-order chi connectivity index (χ1) is 16.5. The van der Waals surface area contributed by atoms with E-state index in [2.05, 4.69) is 20.4 Å². The van der Waals surface area contributed by atoms with Crippen molar-refractivity contribution in [1.29, 1.82) is 0 Å². The van der Waals surface area contributed by atoms with Gasteiger partial charge in [0, 0.05) is 18.7 Å². The van der Waals surface area contributed by atoms with E-state index in [1.807, 2.05) is 62.4 Å². The van der Waals surface area contributed by atoms with Crippen LogP contribution in [0.3, 0.4) is 0 Å². The molecule has 1 aliphatic rings. The molecule has 2 aromatic carbocycles. The number of carbonyl (C=O) groups excluding carboxylic acids is 1. The first-order valence-corrected chi connectivity index (χ1v) is 11.7. The minimum Gasteiger partial charge on any atom is -0.493 e. The van der Waals surface area contributed by atoms with Crippen LogP contribution in [0, 0.1) is 5.92 Å². The van der Waals surface area contributed by atoms with E-state index in [-0.39, 0.29) is 17.9 Å². The first kappa shape index (κ1) is 23.8. The molecule has 1 aliphatic heterocycles. The maximum absolute atomic E-state index is 12.9. The summed E-state index contributed by atoms with van der Waals surface area (Å²) in [6.45, 7) is 6.50. The molecule has 1 aromatic heterocycles. The van der Waals surface area contributed by atoms with Crippen LogP contribution in [0.1, 0.15) is 38.1 Å². The lowest BCUT2D eigenvalue weighted by atomic mass is 9.97. The van der Waals surface area contributed by atoms with Crippen LogP contribution >= 0.6 is 0 Å². The van der Waals surface area contributed by atoms with Gasteiger partial charge in [-0.05, 0) is 50.9 Å². The second kappa shape index (κ2) is 11.2. The third kappa shape index (κ3) is 6.14. The van der Waals surface area contributed by atoms with E-state index in [1.165, 1.54) is 0 Å². The Kier molecular flexibility index (Phi) is 7.80. The molecule has 1 unspecified atom stereocenters. The molecule has 1 saturated heterocycles. The van der Waals surface area contributed by atoms with Gasteiger partial charge in [0.25, 0.3) is 0 Å². The molecular formula is C26H32N4O4. The smallest absolute Gasteiger partial charge is 0.241 e. The number of methoxy groups -OCH3 is 1. The number of nitrogens with zero attached hydrogens (tertiary/aromatic N) is 3. The van der Waals surface area contributed by atoms with Crippen LogP contribution in [0.2, 0.25) is 0 Å². The van der Waals surface area contributed by atoms with Crippen LogP contribution in [0.25, 0.3) is 11.4 Å². The molecule has 8 nitrogen and oxygen atoms in total. The highest BCUT2D eigenvalue weighted by Gasteiger charge is 2.27. The molecule has 1 N–H and O–H groups in total. The Bertz CT molecular complexity index is 1080. The summed E-state index contributed by atoms with van der Waals surface area (Å²) in [5.41, 5.74) is 1.89. The molecule has 3 aromatic rings. The molecule has 1 fully saturated rings. The fourth-order valence-corrected chi connectivity index (χ4v) is 4.13. The molecule has 0 saturated carbocycles. The molecule has 2 heterocycles. The van der Waals surface area contributed by atoms with Gasteiger partial charge in [0.1, 0.15) is 0 Å². The summed E-state index contributed by atoms with van der Waals surface area (Å²) in [6.07, 6.45) is 1.88. The Labute approximate surface area is 200 Å². The lowest BCUT2D eigenvalue weighted by molar-refractivity contribution is -0.127. The Morgan fingerprint density at radius 3 is 2.79 bits per heavy atom. The average Bonchev–Trinajstić information content (AvgIpc) is 3.32. The van der Waals surface area contributed by atoms with Crippen LogP contribution in [0.15, 0.2) is 53.1 Å². The number of likely N-dealkylation sites (tertiary alicyclic amines) is 1.